The molecule has 0 saturated carbocycles. The van der Waals surface area contributed by atoms with E-state index in [2.05, 4.69) is 4.98 Å². The van der Waals surface area contributed by atoms with Crippen molar-refractivity contribution in [3.05, 3.63) is 74.4 Å². The molecule has 0 fully saturated rings. The number of aromatic nitrogens is 1. The minimum atomic E-state index is -0.596. The number of benzene rings is 1. The molecule has 1 aromatic carbocycles. The fourth-order valence-corrected chi connectivity index (χ4v) is 3.76. The molecule has 144 valence electrons. The minimum absolute atomic E-state index is 0.0762. The van der Waals surface area contributed by atoms with Gasteiger partial charge >= 0.3 is 0 Å². The molecule has 6 nitrogen and oxygen atoms in total. The summed E-state index contributed by atoms with van der Waals surface area (Å²) in [6, 6.07) is 8.13. The highest BCUT2D eigenvalue weighted by atomic mass is 35.5. The quantitative estimate of drug-likeness (QED) is 0.612. The van der Waals surface area contributed by atoms with Crippen LogP contribution in [0.15, 0.2) is 45.7 Å². The van der Waals surface area contributed by atoms with Crippen molar-refractivity contribution in [2.45, 2.75) is 19.4 Å². The van der Waals surface area contributed by atoms with Crippen LogP contribution in [0.4, 0.5) is 0 Å². The second-order valence-electron chi connectivity index (χ2n) is 6.77. The number of rotatable bonds is 5. The van der Waals surface area contributed by atoms with E-state index in [9.17, 15) is 9.59 Å². The summed E-state index contributed by atoms with van der Waals surface area (Å²) in [4.78, 5) is 32.5. The number of carbonyl (C=O) groups is 1. The molecule has 0 N–H and O–H groups in total. The van der Waals surface area contributed by atoms with Crippen molar-refractivity contribution in [2.24, 2.45) is 0 Å². The minimum Gasteiger partial charge on any atom is -0.450 e. The zero-order valence-electron chi connectivity index (χ0n) is 15.6. The Morgan fingerprint density at radius 2 is 2.11 bits per heavy atom. The Morgan fingerprint density at radius 1 is 1.29 bits per heavy atom. The molecule has 1 aliphatic heterocycles. The van der Waals surface area contributed by atoms with E-state index in [1.807, 2.05) is 19.1 Å². The van der Waals surface area contributed by atoms with Crippen LogP contribution in [0.5, 0.6) is 0 Å². The van der Waals surface area contributed by atoms with Gasteiger partial charge in [-0.2, -0.15) is 0 Å². The Hall–Kier alpha value is -2.70. The smallest absolute Gasteiger partial charge is 0.290 e. The summed E-state index contributed by atoms with van der Waals surface area (Å²) in [5.41, 5.74) is 1.82. The normalized spacial score (nSPS) is 16.0. The zero-order valence-corrected chi connectivity index (χ0v) is 16.3. The maximum Gasteiger partial charge on any atom is 0.290 e. The number of nitrogens with zero attached hydrogens (tertiary/aromatic N) is 2. The van der Waals surface area contributed by atoms with Crippen LogP contribution in [0.1, 0.15) is 39.8 Å². The molecule has 1 aliphatic rings. The van der Waals surface area contributed by atoms with E-state index in [4.69, 9.17) is 20.8 Å². The van der Waals surface area contributed by atoms with Gasteiger partial charge in [0, 0.05) is 31.5 Å². The molecule has 7 heteroatoms. The van der Waals surface area contributed by atoms with Crippen molar-refractivity contribution in [3.63, 3.8) is 0 Å². The summed E-state index contributed by atoms with van der Waals surface area (Å²) in [7, 11) is 1.61. The van der Waals surface area contributed by atoms with Gasteiger partial charge in [-0.3, -0.25) is 14.6 Å². The lowest BCUT2D eigenvalue weighted by Crippen LogP contribution is -2.31. The molecule has 0 aliphatic carbocycles. The van der Waals surface area contributed by atoms with Gasteiger partial charge < -0.3 is 14.1 Å². The van der Waals surface area contributed by atoms with Crippen LogP contribution in [-0.2, 0) is 4.74 Å². The summed E-state index contributed by atoms with van der Waals surface area (Å²) < 4.78 is 11.0. The average molecular weight is 399 g/mol. The molecule has 1 atom stereocenters. The Bertz CT molecular complexity index is 1110. The summed E-state index contributed by atoms with van der Waals surface area (Å²) >= 11 is 6.22. The van der Waals surface area contributed by atoms with Gasteiger partial charge in [0.15, 0.2) is 5.43 Å². The number of hydrogen-bond donors (Lipinski definition) is 0. The van der Waals surface area contributed by atoms with Crippen LogP contribution in [0, 0.1) is 6.92 Å². The molecule has 1 amide bonds. The summed E-state index contributed by atoms with van der Waals surface area (Å²) in [5, 5.41) is 0.845. The Morgan fingerprint density at radius 3 is 2.82 bits per heavy atom. The number of halogens is 1. The lowest BCUT2D eigenvalue weighted by atomic mass is 10.0. The summed E-state index contributed by atoms with van der Waals surface area (Å²) in [5.74, 6) is -0.236. The average Bonchev–Trinajstić information content (AvgIpc) is 2.97. The van der Waals surface area contributed by atoms with Gasteiger partial charge in [0.2, 0.25) is 5.76 Å². The largest absolute Gasteiger partial charge is 0.450 e. The number of fused-ring (bicyclic) bond motifs is 2. The van der Waals surface area contributed by atoms with Crippen molar-refractivity contribution in [3.8, 4) is 0 Å². The van der Waals surface area contributed by atoms with Crippen LogP contribution in [-0.4, -0.2) is 36.1 Å². The Labute approximate surface area is 166 Å². The number of hydrogen-bond acceptors (Lipinski definition) is 5. The van der Waals surface area contributed by atoms with Crippen molar-refractivity contribution in [1.82, 2.24) is 9.88 Å². The molecule has 0 bridgehead atoms. The third-order valence-corrected chi connectivity index (χ3v) is 5.37. The molecular weight excluding hydrogens is 380 g/mol. The van der Waals surface area contributed by atoms with Crippen LogP contribution in [0.25, 0.3) is 11.0 Å². The molecule has 3 aromatic rings. The lowest BCUT2D eigenvalue weighted by molar-refractivity contribution is 0.0705. The monoisotopic (exact) mass is 398 g/mol. The topological polar surface area (TPSA) is 72.6 Å². The number of ether oxygens (including phenoxy) is 1. The summed E-state index contributed by atoms with van der Waals surface area (Å²) in [6.45, 7) is 2.76. The number of carbonyl (C=O) groups excluding carboxylic acids is 1. The first-order valence-corrected chi connectivity index (χ1v) is 9.38. The molecular formula is C21H19ClN2O4. The predicted molar refractivity (Wildman–Crippen MR) is 106 cm³/mol. The Kier molecular flexibility index (Phi) is 4.91. The van der Waals surface area contributed by atoms with E-state index in [0.29, 0.717) is 46.8 Å². The van der Waals surface area contributed by atoms with Gasteiger partial charge in [-0.1, -0.05) is 17.7 Å². The molecule has 28 heavy (non-hydrogen) atoms. The van der Waals surface area contributed by atoms with Crippen LogP contribution >= 0.6 is 11.6 Å². The van der Waals surface area contributed by atoms with E-state index >= 15 is 0 Å². The SMILES string of the molecule is COCCCN1C(=O)c2oc3cc(C)c(Cl)cc3c(=O)c2C1c1ccccn1. The van der Waals surface area contributed by atoms with E-state index in [1.165, 1.54) is 0 Å². The number of methoxy groups -OCH3 is 1. The molecule has 0 spiro atoms. The first-order chi connectivity index (χ1) is 13.5. The predicted octanol–water partition coefficient (Wildman–Crippen LogP) is 3.73. The second kappa shape index (κ2) is 7.37. The third-order valence-electron chi connectivity index (χ3n) is 4.96. The first kappa shape index (κ1) is 18.7. The number of pyridine rings is 1. The van der Waals surface area contributed by atoms with Crippen molar-refractivity contribution in [1.29, 1.82) is 0 Å². The van der Waals surface area contributed by atoms with Gasteiger partial charge in [0.25, 0.3) is 5.91 Å². The van der Waals surface area contributed by atoms with E-state index < -0.39 is 6.04 Å². The fourth-order valence-electron chi connectivity index (χ4n) is 3.60. The standard InChI is InChI=1S/C21H19ClN2O4/c1-12-10-16-13(11-14(12)22)19(25)17-18(15-6-3-4-7-23-15)24(8-5-9-27-2)21(26)20(17)28-16/h3-4,6-7,10-11,18H,5,8-9H2,1-2H3. The maximum atomic E-state index is 13.3. The van der Waals surface area contributed by atoms with Gasteiger partial charge in [0.05, 0.1) is 16.6 Å². The molecule has 0 saturated heterocycles. The highest BCUT2D eigenvalue weighted by Gasteiger charge is 2.43. The number of aryl methyl sites for hydroxylation is 1. The maximum absolute atomic E-state index is 13.3. The van der Waals surface area contributed by atoms with Crippen LogP contribution < -0.4 is 5.43 Å². The third kappa shape index (κ3) is 2.99. The van der Waals surface area contributed by atoms with E-state index in [0.717, 1.165) is 5.56 Å². The van der Waals surface area contributed by atoms with Gasteiger partial charge in [-0.05, 0) is 43.2 Å². The highest BCUT2D eigenvalue weighted by Crippen LogP contribution is 2.37. The van der Waals surface area contributed by atoms with Gasteiger partial charge in [-0.15, -0.1) is 0 Å². The fraction of sp³-hybridized carbons (Fsp3) is 0.286. The van der Waals surface area contributed by atoms with Crippen molar-refractivity contribution >= 4 is 28.5 Å². The molecule has 4 rings (SSSR count). The molecule has 3 heterocycles. The van der Waals surface area contributed by atoms with Crippen molar-refractivity contribution < 1.29 is 13.9 Å². The zero-order chi connectivity index (χ0) is 19.8. The molecule has 2 aromatic heterocycles. The van der Waals surface area contributed by atoms with Crippen molar-refractivity contribution in [2.75, 3.05) is 20.3 Å². The van der Waals surface area contributed by atoms with Gasteiger partial charge in [0.1, 0.15) is 11.6 Å². The highest BCUT2D eigenvalue weighted by molar-refractivity contribution is 6.32. The van der Waals surface area contributed by atoms with E-state index in [-0.39, 0.29) is 17.1 Å². The lowest BCUT2D eigenvalue weighted by Gasteiger charge is -2.24. The van der Waals surface area contributed by atoms with Crippen LogP contribution in [0.3, 0.4) is 0 Å². The first-order valence-electron chi connectivity index (χ1n) is 9.00. The molecule has 1 unspecified atom stereocenters. The van der Waals surface area contributed by atoms with Gasteiger partial charge in [-0.25, -0.2) is 0 Å². The second-order valence-corrected chi connectivity index (χ2v) is 7.18. The summed E-state index contributed by atoms with van der Waals surface area (Å²) in [6.07, 6.45) is 2.28. The Balaban J connectivity index is 1.93. The van der Waals surface area contributed by atoms with Crippen LogP contribution in [0.2, 0.25) is 5.02 Å². The number of amides is 1. The van der Waals surface area contributed by atoms with E-state index in [1.54, 1.807) is 36.4 Å². The molecule has 0 radical (unpaired) electrons.